The lowest BCUT2D eigenvalue weighted by molar-refractivity contribution is -0.188. The van der Waals surface area contributed by atoms with Gasteiger partial charge in [-0.15, -0.1) is 5.73 Å². The molecule has 1 atom stereocenters. The molecule has 0 aliphatic carbocycles. The normalized spacial score (nSPS) is 11.6. The molecule has 1 rings (SSSR count). The molecule has 0 saturated carbocycles. The van der Waals surface area contributed by atoms with Crippen LogP contribution in [0.5, 0.6) is 0 Å². The Morgan fingerprint density at radius 2 is 1.27 bits per heavy atom. The molecular weight excluding hydrogens is 402 g/mol. The van der Waals surface area contributed by atoms with Gasteiger partial charge in [-0.2, -0.15) is 5.06 Å². The highest BCUT2D eigenvalue weighted by Gasteiger charge is 2.19. The molecule has 1 aromatic rings. The maximum Gasteiger partial charge on any atom is 0.0685 e. The minimum absolute atomic E-state index is 0.391. The van der Waals surface area contributed by atoms with Gasteiger partial charge in [-0.25, -0.2) is 0 Å². The average molecular weight is 458 g/mol. The maximum absolute atomic E-state index is 6.19. The molecule has 2 nitrogen and oxygen atoms in total. The third-order valence-corrected chi connectivity index (χ3v) is 6.03. The highest BCUT2D eigenvalue weighted by atomic mass is 16.7. The molecule has 0 N–H and O–H groups in total. The molecule has 1 aromatic carbocycles. The number of rotatable bonds is 19. The van der Waals surface area contributed by atoms with Gasteiger partial charge in [0.1, 0.15) is 0 Å². The summed E-state index contributed by atoms with van der Waals surface area (Å²) in [6.07, 6.45) is 18.8. The molecule has 0 aliphatic heterocycles. The molecule has 0 aliphatic rings. The quantitative estimate of drug-likeness (QED) is 0.116. The minimum Gasteiger partial charge on any atom is -0.298 e. The van der Waals surface area contributed by atoms with Gasteiger partial charge in [0.15, 0.2) is 0 Å². The maximum atomic E-state index is 6.19. The lowest BCUT2D eigenvalue weighted by Gasteiger charge is -2.30. The van der Waals surface area contributed by atoms with E-state index in [1.54, 1.807) is 0 Å². The number of unbranched alkanes of at least 4 members (excludes halogenated alkanes) is 11. The SMILES string of the molecule is C=C=C(C)C.CCCCCCCCCCCCC(c1ccccc1)N(CC)OCCCCC. The third-order valence-electron chi connectivity index (χ3n) is 6.03. The summed E-state index contributed by atoms with van der Waals surface area (Å²) in [4.78, 5) is 6.19. The second kappa shape index (κ2) is 23.8. The average Bonchev–Trinajstić information content (AvgIpc) is 2.84. The fourth-order valence-corrected chi connectivity index (χ4v) is 3.91. The van der Waals surface area contributed by atoms with Gasteiger partial charge in [-0.05, 0) is 37.8 Å². The molecular formula is C31H55NO. The van der Waals surface area contributed by atoms with Crippen LogP contribution in [0.4, 0.5) is 0 Å². The van der Waals surface area contributed by atoms with Gasteiger partial charge < -0.3 is 0 Å². The van der Waals surface area contributed by atoms with Crippen LogP contribution in [0, 0.1) is 0 Å². The van der Waals surface area contributed by atoms with Crippen LogP contribution in [0.15, 0.2) is 48.2 Å². The first kappa shape index (κ1) is 31.7. The summed E-state index contributed by atoms with van der Waals surface area (Å²) in [6, 6.07) is 11.3. The van der Waals surface area contributed by atoms with E-state index in [1.807, 2.05) is 13.8 Å². The van der Waals surface area contributed by atoms with Crippen LogP contribution in [-0.4, -0.2) is 18.2 Å². The number of hydroxylamine groups is 2. The van der Waals surface area contributed by atoms with Crippen molar-refractivity contribution in [3.05, 3.63) is 53.8 Å². The minimum atomic E-state index is 0.391. The number of benzene rings is 1. The monoisotopic (exact) mass is 457 g/mol. The van der Waals surface area contributed by atoms with Crippen LogP contribution in [-0.2, 0) is 4.84 Å². The molecule has 33 heavy (non-hydrogen) atoms. The van der Waals surface area contributed by atoms with E-state index < -0.39 is 0 Å². The summed E-state index contributed by atoms with van der Waals surface area (Å²) >= 11 is 0. The van der Waals surface area contributed by atoms with Gasteiger partial charge in [-0.3, -0.25) is 4.84 Å². The topological polar surface area (TPSA) is 12.5 Å². The standard InChI is InChI=1S/C26H47NO.C5H8/c1-4-7-9-10-11-12-13-14-15-19-23-26(25-21-17-16-18-22-25)27(6-3)28-24-20-8-5-2;1-4-5(2)3/h16-18,21-22,26H,4-15,19-20,23-24H2,1-3H3;1H2,2-3H3. The van der Waals surface area contributed by atoms with E-state index >= 15 is 0 Å². The molecule has 0 amide bonds. The molecule has 0 bridgehead atoms. The summed E-state index contributed by atoms with van der Waals surface area (Å²) in [5, 5.41) is 2.23. The Labute approximate surface area is 207 Å². The van der Waals surface area contributed by atoms with E-state index in [2.05, 4.69) is 68.5 Å². The van der Waals surface area contributed by atoms with Crippen LogP contribution in [0.1, 0.15) is 136 Å². The molecule has 0 saturated heterocycles. The number of nitrogens with zero attached hydrogens (tertiary/aromatic N) is 1. The van der Waals surface area contributed by atoms with Crippen LogP contribution < -0.4 is 0 Å². The molecule has 190 valence electrons. The van der Waals surface area contributed by atoms with Crippen molar-refractivity contribution in [2.75, 3.05) is 13.2 Å². The molecule has 1 unspecified atom stereocenters. The summed E-state index contributed by atoms with van der Waals surface area (Å²) in [5.74, 6) is 0. The Balaban J connectivity index is 0.00000184. The van der Waals surface area contributed by atoms with Crippen molar-refractivity contribution >= 4 is 0 Å². The van der Waals surface area contributed by atoms with Crippen molar-refractivity contribution in [3.63, 3.8) is 0 Å². The number of hydrogen-bond donors (Lipinski definition) is 0. The fraction of sp³-hybridized carbons (Fsp3) is 0.710. The van der Waals surface area contributed by atoms with Gasteiger partial charge >= 0.3 is 0 Å². The highest BCUT2D eigenvalue weighted by Crippen LogP contribution is 2.27. The van der Waals surface area contributed by atoms with Gasteiger partial charge in [0.2, 0.25) is 0 Å². The Morgan fingerprint density at radius 3 is 1.76 bits per heavy atom. The van der Waals surface area contributed by atoms with Crippen molar-refractivity contribution in [3.8, 4) is 0 Å². The predicted molar refractivity (Wildman–Crippen MR) is 148 cm³/mol. The van der Waals surface area contributed by atoms with Crippen LogP contribution >= 0.6 is 0 Å². The lowest BCUT2D eigenvalue weighted by atomic mass is 9.99. The zero-order valence-corrected chi connectivity index (χ0v) is 22.8. The van der Waals surface area contributed by atoms with Crippen molar-refractivity contribution in [2.45, 2.75) is 131 Å². The molecule has 0 spiro atoms. The van der Waals surface area contributed by atoms with E-state index in [-0.39, 0.29) is 0 Å². The Morgan fingerprint density at radius 1 is 0.788 bits per heavy atom. The van der Waals surface area contributed by atoms with Crippen molar-refractivity contribution < 1.29 is 4.84 Å². The first-order chi connectivity index (χ1) is 16.1. The van der Waals surface area contributed by atoms with Crippen molar-refractivity contribution in [1.82, 2.24) is 5.06 Å². The van der Waals surface area contributed by atoms with Crippen molar-refractivity contribution in [1.29, 1.82) is 0 Å². The Kier molecular flexibility index (Phi) is 22.8. The van der Waals surface area contributed by atoms with Crippen molar-refractivity contribution in [2.24, 2.45) is 0 Å². The molecule has 0 fully saturated rings. The Hall–Kier alpha value is -1.34. The smallest absolute Gasteiger partial charge is 0.0685 e. The van der Waals surface area contributed by atoms with Gasteiger partial charge in [0.05, 0.1) is 12.6 Å². The third kappa shape index (κ3) is 18.7. The second-order valence-electron chi connectivity index (χ2n) is 9.35. The zero-order chi connectivity index (χ0) is 24.6. The van der Waals surface area contributed by atoms with E-state index in [4.69, 9.17) is 4.84 Å². The largest absolute Gasteiger partial charge is 0.298 e. The van der Waals surface area contributed by atoms with E-state index in [9.17, 15) is 0 Å². The Bertz CT molecular complexity index is 572. The summed E-state index contributed by atoms with van der Waals surface area (Å²) in [6.45, 7) is 15.9. The summed E-state index contributed by atoms with van der Waals surface area (Å²) in [7, 11) is 0. The van der Waals surface area contributed by atoms with Crippen LogP contribution in [0.2, 0.25) is 0 Å². The molecule has 2 heteroatoms. The summed E-state index contributed by atoms with van der Waals surface area (Å²) < 4.78 is 0. The number of allylic oxidation sites excluding steroid dienone is 1. The first-order valence-electron chi connectivity index (χ1n) is 13.9. The first-order valence-corrected chi connectivity index (χ1v) is 13.9. The molecule has 0 radical (unpaired) electrons. The molecule has 0 aromatic heterocycles. The van der Waals surface area contributed by atoms with Gasteiger partial charge in [0, 0.05) is 6.54 Å². The molecule has 0 heterocycles. The van der Waals surface area contributed by atoms with E-state index in [0.717, 1.165) is 25.1 Å². The van der Waals surface area contributed by atoms with Gasteiger partial charge in [-0.1, -0.05) is 135 Å². The van der Waals surface area contributed by atoms with Gasteiger partial charge in [0.25, 0.3) is 0 Å². The number of hydrogen-bond acceptors (Lipinski definition) is 2. The lowest BCUT2D eigenvalue weighted by Crippen LogP contribution is -2.29. The predicted octanol–water partition coefficient (Wildman–Crippen LogP) is 10.2. The van der Waals surface area contributed by atoms with Crippen LogP contribution in [0.3, 0.4) is 0 Å². The summed E-state index contributed by atoms with van der Waals surface area (Å²) in [5.41, 5.74) is 5.24. The zero-order valence-electron chi connectivity index (χ0n) is 22.8. The second-order valence-corrected chi connectivity index (χ2v) is 9.35. The van der Waals surface area contributed by atoms with E-state index in [0.29, 0.717) is 6.04 Å². The van der Waals surface area contributed by atoms with Crippen LogP contribution in [0.25, 0.3) is 0 Å². The fourth-order valence-electron chi connectivity index (χ4n) is 3.91. The highest BCUT2D eigenvalue weighted by molar-refractivity contribution is 5.18. The van der Waals surface area contributed by atoms with E-state index in [1.165, 1.54) is 89.0 Å².